The molecule has 0 radical (unpaired) electrons. The van der Waals surface area contributed by atoms with Gasteiger partial charge in [0.1, 0.15) is 0 Å². The van der Waals surface area contributed by atoms with Gasteiger partial charge < -0.3 is 5.73 Å². The van der Waals surface area contributed by atoms with Crippen molar-refractivity contribution in [2.75, 3.05) is 12.4 Å². The van der Waals surface area contributed by atoms with Crippen LogP contribution in [0.1, 0.15) is 5.56 Å². The van der Waals surface area contributed by atoms with Crippen LogP contribution in [-0.2, 0) is 5.92 Å². The summed E-state index contributed by atoms with van der Waals surface area (Å²) >= 11 is 0. The molecule has 1 aromatic rings. The van der Waals surface area contributed by atoms with Crippen molar-refractivity contribution in [2.24, 2.45) is 0 Å². The molecule has 0 aliphatic carbocycles. The number of halogens is 4. The molecule has 0 unspecified atom stereocenters. The highest BCUT2D eigenvalue weighted by molar-refractivity contribution is 5.85. The number of anilines is 1. The maximum absolute atomic E-state index is 12.6. The molecule has 1 aromatic carbocycles. The summed E-state index contributed by atoms with van der Waals surface area (Å²) in [6.07, 6.45) is 0. The van der Waals surface area contributed by atoms with Crippen LogP contribution in [0.4, 0.5) is 18.9 Å². The highest BCUT2D eigenvalue weighted by Gasteiger charge is 2.31. The normalized spacial score (nSPS) is 10.7. The Hall–Kier alpha value is -0.900. The Balaban J connectivity index is 0.00000144. The van der Waals surface area contributed by atoms with Crippen LogP contribution in [0, 0.1) is 0 Å². The molecule has 13 heavy (non-hydrogen) atoms. The van der Waals surface area contributed by atoms with Crippen LogP contribution in [0.5, 0.6) is 0 Å². The topological polar surface area (TPSA) is 26.0 Å². The smallest absolute Gasteiger partial charge is 0.301 e. The molecule has 2 N–H and O–H groups in total. The number of hydrogen-bond donors (Lipinski definition) is 1. The second-order valence-corrected chi connectivity index (χ2v) is 2.46. The molecule has 0 amide bonds. The van der Waals surface area contributed by atoms with E-state index in [0.717, 1.165) is 12.1 Å². The van der Waals surface area contributed by atoms with Gasteiger partial charge in [-0.05, 0) is 12.1 Å². The molecule has 0 aliphatic heterocycles. The zero-order chi connectivity index (χ0) is 9.19. The minimum atomic E-state index is -3.40. The van der Waals surface area contributed by atoms with Gasteiger partial charge in [0.15, 0.2) is 6.67 Å². The zero-order valence-electron chi connectivity index (χ0n) is 6.64. The quantitative estimate of drug-likeness (QED) is 0.748. The largest absolute Gasteiger partial charge is 0.399 e. The maximum Gasteiger partial charge on any atom is 0.301 e. The van der Waals surface area contributed by atoms with E-state index >= 15 is 0 Å². The summed E-state index contributed by atoms with van der Waals surface area (Å²) in [6.45, 7) is -1.68. The predicted molar refractivity (Wildman–Crippen MR) is 48.0 cm³/mol. The van der Waals surface area contributed by atoms with Crippen LogP contribution < -0.4 is 5.73 Å². The highest BCUT2D eigenvalue weighted by atomic mass is 35.5. The predicted octanol–water partition coefficient (Wildman–Crippen LogP) is 2.75. The number of alkyl halides is 3. The van der Waals surface area contributed by atoms with Gasteiger partial charge >= 0.3 is 5.92 Å². The summed E-state index contributed by atoms with van der Waals surface area (Å²) in [5.41, 5.74) is 5.31. The molecule has 0 aliphatic rings. The lowest BCUT2D eigenvalue weighted by Crippen LogP contribution is -2.15. The van der Waals surface area contributed by atoms with Crippen LogP contribution in [-0.4, -0.2) is 6.67 Å². The molecule has 0 bridgehead atoms. The summed E-state index contributed by atoms with van der Waals surface area (Å²) in [4.78, 5) is 0. The van der Waals surface area contributed by atoms with Crippen LogP contribution in [0.3, 0.4) is 0 Å². The molecule has 5 heteroatoms. The van der Waals surface area contributed by atoms with Crippen molar-refractivity contribution in [1.82, 2.24) is 0 Å². The van der Waals surface area contributed by atoms with Crippen molar-refractivity contribution in [1.29, 1.82) is 0 Å². The highest BCUT2D eigenvalue weighted by Crippen LogP contribution is 2.28. The first-order valence-corrected chi connectivity index (χ1v) is 3.36. The lowest BCUT2D eigenvalue weighted by Gasteiger charge is -2.11. The Morgan fingerprint density at radius 3 is 2.00 bits per heavy atom. The molecule has 0 atom stereocenters. The molecule has 0 saturated heterocycles. The van der Waals surface area contributed by atoms with E-state index in [4.69, 9.17) is 5.73 Å². The molecule has 0 aromatic heterocycles. The number of nitrogens with two attached hydrogens (primary N) is 1. The Morgan fingerprint density at radius 2 is 1.62 bits per heavy atom. The maximum atomic E-state index is 12.6. The van der Waals surface area contributed by atoms with E-state index in [2.05, 4.69) is 0 Å². The Labute approximate surface area is 80.2 Å². The summed E-state index contributed by atoms with van der Waals surface area (Å²) < 4.78 is 37.0. The fourth-order valence-corrected chi connectivity index (χ4v) is 0.804. The first-order chi connectivity index (χ1) is 5.56. The van der Waals surface area contributed by atoms with Crippen LogP contribution in [0.2, 0.25) is 0 Å². The molecular weight excluding hydrogens is 203 g/mol. The van der Waals surface area contributed by atoms with E-state index in [-0.39, 0.29) is 18.0 Å². The number of benzene rings is 1. The first-order valence-electron chi connectivity index (χ1n) is 3.36. The van der Waals surface area contributed by atoms with Crippen molar-refractivity contribution < 1.29 is 13.2 Å². The average Bonchev–Trinajstić information content (AvgIpc) is 2.05. The van der Waals surface area contributed by atoms with Crippen LogP contribution >= 0.6 is 12.4 Å². The second-order valence-electron chi connectivity index (χ2n) is 2.46. The van der Waals surface area contributed by atoms with Crippen molar-refractivity contribution >= 4 is 18.1 Å². The van der Waals surface area contributed by atoms with Gasteiger partial charge in [-0.2, -0.15) is 8.78 Å². The lowest BCUT2D eigenvalue weighted by atomic mass is 10.1. The zero-order valence-corrected chi connectivity index (χ0v) is 7.45. The Kier molecular flexibility index (Phi) is 4.07. The Bertz CT molecular complexity index is 261. The number of rotatable bonds is 2. The minimum absolute atomic E-state index is 0. The van der Waals surface area contributed by atoms with E-state index in [9.17, 15) is 13.2 Å². The summed E-state index contributed by atoms with van der Waals surface area (Å²) in [5.74, 6) is -3.40. The van der Waals surface area contributed by atoms with Crippen molar-refractivity contribution in [3.8, 4) is 0 Å². The molecule has 74 valence electrons. The van der Waals surface area contributed by atoms with Gasteiger partial charge in [0.2, 0.25) is 0 Å². The third-order valence-electron chi connectivity index (χ3n) is 1.50. The van der Waals surface area contributed by atoms with Crippen LogP contribution in [0.15, 0.2) is 24.3 Å². The van der Waals surface area contributed by atoms with E-state index in [1.807, 2.05) is 0 Å². The van der Waals surface area contributed by atoms with Gasteiger partial charge in [-0.1, -0.05) is 12.1 Å². The van der Waals surface area contributed by atoms with E-state index in [0.29, 0.717) is 5.69 Å². The van der Waals surface area contributed by atoms with Crippen molar-refractivity contribution in [3.05, 3.63) is 29.8 Å². The first kappa shape index (κ1) is 12.1. The third-order valence-corrected chi connectivity index (χ3v) is 1.50. The fourth-order valence-electron chi connectivity index (χ4n) is 0.804. The third kappa shape index (κ3) is 2.81. The number of hydrogen-bond acceptors (Lipinski definition) is 1. The summed E-state index contributed by atoms with van der Waals surface area (Å²) in [5, 5.41) is 0. The minimum Gasteiger partial charge on any atom is -0.399 e. The standard InChI is InChI=1S/C8H8F3N.ClH/c9-5-8(10,11)6-1-3-7(12)4-2-6;/h1-4H,5,12H2;1H. The molecule has 0 saturated carbocycles. The molecule has 1 rings (SSSR count). The molecular formula is C8H9ClF3N. The SMILES string of the molecule is Cl.Nc1ccc(C(F)(F)CF)cc1. The number of nitrogen functional groups attached to an aromatic ring is 1. The molecule has 0 fully saturated rings. The summed E-state index contributed by atoms with van der Waals surface area (Å²) in [6, 6.07) is 4.88. The molecule has 0 heterocycles. The van der Waals surface area contributed by atoms with E-state index in [1.165, 1.54) is 12.1 Å². The average molecular weight is 212 g/mol. The lowest BCUT2D eigenvalue weighted by molar-refractivity contribution is -0.0280. The Morgan fingerprint density at radius 1 is 1.15 bits per heavy atom. The van der Waals surface area contributed by atoms with Gasteiger partial charge in [-0.15, -0.1) is 12.4 Å². The van der Waals surface area contributed by atoms with Crippen LogP contribution in [0.25, 0.3) is 0 Å². The monoisotopic (exact) mass is 211 g/mol. The molecule has 1 nitrogen and oxygen atoms in total. The second kappa shape index (κ2) is 4.37. The van der Waals surface area contributed by atoms with E-state index < -0.39 is 12.6 Å². The van der Waals surface area contributed by atoms with Gasteiger partial charge in [-0.25, -0.2) is 4.39 Å². The van der Waals surface area contributed by atoms with Crippen molar-refractivity contribution in [3.63, 3.8) is 0 Å². The van der Waals surface area contributed by atoms with E-state index in [1.54, 1.807) is 0 Å². The molecule has 0 spiro atoms. The van der Waals surface area contributed by atoms with Gasteiger partial charge in [0.05, 0.1) is 0 Å². The van der Waals surface area contributed by atoms with Gasteiger partial charge in [0, 0.05) is 11.3 Å². The summed E-state index contributed by atoms with van der Waals surface area (Å²) in [7, 11) is 0. The fraction of sp³-hybridized carbons (Fsp3) is 0.250. The van der Waals surface area contributed by atoms with Gasteiger partial charge in [0.25, 0.3) is 0 Å². The van der Waals surface area contributed by atoms with Crippen molar-refractivity contribution in [2.45, 2.75) is 5.92 Å². The van der Waals surface area contributed by atoms with Gasteiger partial charge in [-0.3, -0.25) is 0 Å².